The van der Waals surface area contributed by atoms with E-state index >= 15 is 0 Å². The fourth-order valence-electron chi connectivity index (χ4n) is 2.40. The van der Waals surface area contributed by atoms with E-state index in [1.807, 2.05) is 25.6 Å². The molecule has 0 saturated carbocycles. The molecule has 2 nitrogen and oxygen atoms in total. The summed E-state index contributed by atoms with van der Waals surface area (Å²) in [6.45, 7) is 3.80. The molecule has 15 heavy (non-hydrogen) atoms. The summed E-state index contributed by atoms with van der Waals surface area (Å²) in [6, 6.07) is 0. The van der Waals surface area contributed by atoms with E-state index in [1.54, 1.807) is 6.08 Å². The third kappa shape index (κ3) is 2.17. The largest absolute Gasteiger partial charge is 0.299 e. The van der Waals surface area contributed by atoms with Gasteiger partial charge in [0.05, 0.1) is 5.92 Å². The standard InChI is InChI=1S/C12H16O2S/c1-7(2)5-9(13)12-10(14)6-8-3-4-11(12)15-8/h5,8,11-12H,3-4,6H2,1-2H3/t8-,11+,12?/m1/s1. The number of allylic oxidation sites excluding steroid dienone is 2. The molecular formula is C12H16O2S. The first kappa shape index (κ1) is 10.9. The fraction of sp³-hybridized carbons (Fsp3) is 0.667. The van der Waals surface area contributed by atoms with Crippen LogP contribution < -0.4 is 0 Å². The average molecular weight is 224 g/mol. The van der Waals surface area contributed by atoms with Gasteiger partial charge < -0.3 is 0 Å². The Bertz CT molecular complexity index is 329. The molecule has 0 aliphatic carbocycles. The number of fused-ring (bicyclic) bond motifs is 2. The zero-order chi connectivity index (χ0) is 11.0. The predicted octanol–water partition coefficient (Wildman–Crippen LogP) is 2.37. The molecule has 2 heterocycles. The molecule has 0 amide bonds. The molecule has 0 aromatic heterocycles. The van der Waals surface area contributed by atoms with Crippen molar-refractivity contribution in [2.75, 3.05) is 0 Å². The number of Topliss-reactive ketones (excluding diaryl/α,β-unsaturated/α-hetero) is 1. The smallest absolute Gasteiger partial charge is 0.167 e. The highest BCUT2D eigenvalue weighted by atomic mass is 32.2. The molecule has 3 heteroatoms. The van der Waals surface area contributed by atoms with Gasteiger partial charge in [0.2, 0.25) is 0 Å². The first-order valence-corrected chi connectivity index (χ1v) is 6.39. The highest BCUT2D eigenvalue weighted by Crippen LogP contribution is 2.45. The van der Waals surface area contributed by atoms with E-state index in [0.717, 1.165) is 18.4 Å². The summed E-state index contributed by atoms with van der Waals surface area (Å²) in [5.74, 6) is -0.148. The van der Waals surface area contributed by atoms with Gasteiger partial charge in [0.1, 0.15) is 5.78 Å². The van der Waals surface area contributed by atoms with Crippen molar-refractivity contribution in [2.24, 2.45) is 5.92 Å². The van der Waals surface area contributed by atoms with Crippen LogP contribution >= 0.6 is 11.8 Å². The highest BCUT2D eigenvalue weighted by molar-refractivity contribution is 8.01. The van der Waals surface area contributed by atoms with Crippen LogP contribution in [0.4, 0.5) is 0 Å². The molecule has 0 radical (unpaired) electrons. The zero-order valence-electron chi connectivity index (χ0n) is 9.16. The minimum absolute atomic E-state index is 0.0258. The Morgan fingerprint density at radius 3 is 2.80 bits per heavy atom. The van der Waals surface area contributed by atoms with Crippen molar-refractivity contribution in [3.8, 4) is 0 Å². The van der Waals surface area contributed by atoms with Gasteiger partial charge in [-0.2, -0.15) is 11.8 Å². The van der Waals surface area contributed by atoms with Crippen molar-refractivity contribution in [2.45, 2.75) is 43.6 Å². The molecule has 82 valence electrons. The number of thioether (sulfide) groups is 1. The SMILES string of the molecule is CC(C)=CC(=O)C1C(=O)C[C@H]2CC[C@@H]1S2. The lowest BCUT2D eigenvalue weighted by Gasteiger charge is -2.25. The first-order valence-electron chi connectivity index (χ1n) is 5.45. The normalized spacial score (nSPS) is 34.0. The lowest BCUT2D eigenvalue weighted by atomic mass is 9.92. The van der Waals surface area contributed by atoms with E-state index in [0.29, 0.717) is 11.7 Å². The Morgan fingerprint density at radius 1 is 1.40 bits per heavy atom. The van der Waals surface area contributed by atoms with Crippen LogP contribution in [0.3, 0.4) is 0 Å². The lowest BCUT2D eigenvalue weighted by molar-refractivity contribution is -0.130. The molecule has 0 N–H and O–H groups in total. The number of rotatable bonds is 2. The Balaban J connectivity index is 2.17. The van der Waals surface area contributed by atoms with E-state index in [1.165, 1.54) is 0 Å². The summed E-state index contributed by atoms with van der Waals surface area (Å²) in [7, 11) is 0. The van der Waals surface area contributed by atoms with Gasteiger partial charge in [0.15, 0.2) is 5.78 Å². The zero-order valence-corrected chi connectivity index (χ0v) is 9.97. The number of ketones is 2. The van der Waals surface area contributed by atoms with Crippen molar-refractivity contribution >= 4 is 23.3 Å². The van der Waals surface area contributed by atoms with Crippen molar-refractivity contribution in [1.82, 2.24) is 0 Å². The molecule has 0 spiro atoms. The number of hydrogen-bond acceptors (Lipinski definition) is 3. The number of carbonyl (C=O) groups excluding carboxylic acids is 2. The fourth-order valence-corrected chi connectivity index (χ4v) is 4.15. The number of hydrogen-bond donors (Lipinski definition) is 0. The van der Waals surface area contributed by atoms with Gasteiger partial charge in [-0.15, -0.1) is 0 Å². The Morgan fingerprint density at radius 2 is 2.13 bits per heavy atom. The van der Waals surface area contributed by atoms with E-state index in [2.05, 4.69) is 0 Å². The van der Waals surface area contributed by atoms with Crippen LogP contribution in [0.2, 0.25) is 0 Å². The Labute approximate surface area is 94.5 Å². The summed E-state index contributed by atoms with van der Waals surface area (Å²) in [6.07, 6.45) is 4.38. The Hall–Kier alpha value is -0.570. The molecule has 2 aliphatic rings. The van der Waals surface area contributed by atoms with E-state index in [-0.39, 0.29) is 22.7 Å². The third-order valence-electron chi connectivity index (χ3n) is 3.03. The minimum Gasteiger partial charge on any atom is -0.299 e. The topological polar surface area (TPSA) is 34.1 Å². The molecule has 2 fully saturated rings. The van der Waals surface area contributed by atoms with Gasteiger partial charge >= 0.3 is 0 Å². The quantitative estimate of drug-likeness (QED) is 0.533. The maximum Gasteiger partial charge on any atom is 0.167 e. The van der Waals surface area contributed by atoms with Crippen LogP contribution in [-0.4, -0.2) is 22.1 Å². The van der Waals surface area contributed by atoms with Crippen LogP contribution in [0.5, 0.6) is 0 Å². The molecule has 2 rings (SSSR count). The molecular weight excluding hydrogens is 208 g/mol. The van der Waals surface area contributed by atoms with Gasteiger partial charge in [-0.3, -0.25) is 9.59 Å². The second kappa shape index (κ2) is 4.12. The molecule has 2 aliphatic heterocycles. The third-order valence-corrected chi connectivity index (χ3v) is 4.67. The van der Waals surface area contributed by atoms with Crippen LogP contribution in [0.15, 0.2) is 11.6 Å². The van der Waals surface area contributed by atoms with Gasteiger partial charge in [-0.25, -0.2) is 0 Å². The molecule has 2 saturated heterocycles. The predicted molar refractivity (Wildman–Crippen MR) is 62.0 cm³/mol. The van der Waals surface area contributed by atoms with Crippen molar-refractivity contribution < 1.29 is 9.59 Å². The molecule has 1 unspecified atom stereocenters. The second-order valence-electron chi connectivity index (χ2n) is 4.65. The summed E-state index contributed by atoms with van der Waals surface area (Å²) in [5, 5.41) is 0.762. The lowest BCUT2D eigenvalue weighted by Crippen LogP contribution is -2.35. The molecule has 2 bridgehead atoms. The number of carbonyl (C=O) groups is 2. The average Bonchev–Trinajstić information content (AvgIpc) is 2.46. The van der Waals surface area contributed by atoms with Crippen LogP contribution in [0.25, 0.3) is 0 Å². The van der Waals surface area contributed by atoms with Crippen molar-refractivity contribution in [1.29, 1.82) is 0 Å². The molecule has 0 aromatic rings. The maximum atomic E-state index is 11.9. The van der Waals surface area contributed by atoms with E-state index < -0.39 is 0 Å². The van der Waals surface area contributed by atoms with Gasteiger partial charge in [0.25, 0.3) is 0 Å². The summed E-state index contributed by atoms with van der Waals surface area (Å²) >= 11 is 1.85. The first-order chi connectivity index (χ1) is 7.08. The monoisotopic (exact) mass is 224 g/mol. The maximum absolute atomic E-state index is 11.9. The van der Waals surface area contributed by atoms with Crippen LogP contribution in [0.1, 0.15) is 33.1 Å². The van der Waals surface area contributed by atoms with Crippen LogP contribution in [0, 0.1) is 5.92 Å². The molecule has 0 aromatic carbocycles. The van der Waals surface area contributed by atoms with Gasteiger partial charge in [0, 0.05) is 16.9 Å². The van der Waals surface area contributed by atoms with Gasteiger partial charge in [-0.05, 0) is 32.8 Å². The minimum atomic E-state index is -0.344. The summed E-state index contributed by atoms with van der Waals surface area (Å²) in [4.78, 5) is 23.7. The Kier molecular flexibility index (Phi) is 3.01. The summed E-state index contributed by atoms with van der Waals surface area (Å²) < 4.78 is 0. The highest BCUT2D eigenvalue weighted by Gasteiger charge is 2.44. The van der Waals surface area contributed by atoms with Crippen molar-refractivity contribution in [3.05, 3.63) is 11.6 Å². The summed E-state index contributed by atoms with van der Waals surface area (Å²) in [5.41, 5.74) is 0.984. The molecule has 3 atom stereocenters. The van der Waals surface area contributed by atoms with Crippen molar-refractivity contribution in [3.63, 3.8) is 0 Å². The van der Waals surface area contributed by atoms with E-state index in [9.17, 15) is 9.59 Å². The van der Waals surface area contributed by atoms with E-state index in [4.69, 9.17) is 0 Å². The second-order valence-corrected chi connectivity index (χ2v) is 6.19. The van der Waals surface area contributed by atoms with Gasteiger partial charge in [-0.1, -0.05) is 5.57 Å². The van der Waals surface area contributed by atoms with Crippen LogP contribution in [-0.2, 0) is 9.59 Å².